The van der Waals surface area contributed by atoms with E-state index in [-0.39, 0.29) is 0 Å². The van der Waals surface area contributed by atoms with Crippen molar-refractivity contribution >= 4 is 35.0 Å². The molecule has 0 aliphatic heterocycles. The summed E-state index contributed by atoms with van der Waals surface area (Å²) in [6, 6.07) is 22.3. The van der Waals surface area contributed by atoms with Crippen LogP contribution in [0.15, 0.2) is 78.1 Å². The summed E-state index contributed by atoms with van der Waals surface area (Å²) in [6.07, 6.45) is 2.11. The van der Waals surface area contributed by atoms with Crippen LogP contribution in [-0.4, -0.2) is 9.55 Å². The number of aryl methyl sites for hydroxylation is 2. The third-order valence-electron chi connectivity index (χ3n) is 4.72. The Morgan fingerprint density at radius 2 is 1.52 bits per heavy atom. The second-order valence-electron chi connectivity index (χ2n) is 6.99. The van der Waals surface area contributed by atoms with E-state index >= 15 is 0 Å². The second kappa shape index (κ2) is 8.66. The van der Waals surface area contributed by atoms with Crippen molar-refractivity contribution in [3.8, 4) is 16.9 Å². The fourth-order valence-electron chi connectivity index (χ4n) is 3.10. The third-order valence-corrected chi connectivity index (χ3v) is 6.25. The highest BCUT2D eigenvalue weighted by Gasteiger charge is 2.14. The molecule has 146 valence electrons. The van der Waals surface area contributed by atoms with Crippen molar-refractivity contribution in [2.75, 3.05) is 0 Å². The fourth-order valence-corrected chi connectivity index (χ4v) is 4.30. The maximum atomic E-state index is 6.06. The van der Waals surface area contributed by atoms with Gasteiger partial charge in [-0.25, -0.2) is 4.98 Å². The van der Waals surface area contributed by atoms with Crippen LogP contribution >= 0.6 is 35.0 Å². The van der Waals surface area contributed by atoms with Gasteiger partial charge in [-0.1, -0.05) is 71.4 Å². The van der Waals surface area contributed by atoms with E-state index in [0.717, 1.165) is 37.9 Å². The number of imidazole rings is 1. The second-order valence-corrected chi connectivity index (χ2v) is 8.81. The molecule has 29 heavy (non-hydrogen) atoms. The van der Waals surface area contributed by atoms with Gasteiger partial charge in [0, 0.05) is 27.6 Å². The number of aromatic nitrogens is 2. The van der Waals surface area contributed by atoms with Gasteiger partial charge in [0.1, 0.15) is 0 Å². The highest BCUT2D eigenvalue weighted by Crippen LogP contribution is 2.31. The standard InChI is InChI=1S/C24H20Cl2N2S/c1-16-3-4-17(2)23(13-16)28-14-22(19-7-11-21(26)12-8-19)27-24(28)29-15-18-5-9-20(25)10-6-18/h3-14H,15H2,1-2H3. The first kappa shape index (κ1) is 20.1. The van der Waals surface area contributed by atoms with Gasteiger partial charge in [0.05, 0.1) is 11.4 Å². The normalized spacial score (nSPS) is 11.0. The van der Waals surface area contributed by atoms with Gasteiger partial charge in [-0.3, -0.25) is 4.57 Å². The average Bonchev–Trinajstić information content (AvgIpc) is 3.14. The molecule has 0 N–H and O–H groups in total. The molecule has 1 heterocycles. The molecule has 4 rings (SSSR count). The first-order valence-corrected chi connectivity index (χ1v) is 11.0. The molecule has 0 bridgehead atoms. The highest BCUT2D eigenvalue weighted by molar-refractivity contribution is 7.98. The maximum absolute atomic E-state index is 6.06. The molecule has 0 radical (unpaired) electrons. The minimum absolute atomic E-state index is 0.722. The Kier molecular flexibility index (Phi) is 6.00. The third kappa shape index (κ3) is 4.69. The van der Waals surface area contributed by atoms with Gasteiger partial charge in [-0.05, 0) is 60.9 Å². The molecule has 1 aromatic heterocycles. The lowest BCUT2D eigenvalue weighted by molar-refractivity contribution is 0.886. The van der Waals surface area contributed by atoms with Gasteiger partial charge in [-0.15, -0.1) is 0 Å². The number of thioether (sulfide) groups is 1. The smallest absolute Gasteiger partial charge is 0.173 e. The van der Waals surface area contributed by atoms with Crippen LogP contribution in [0.25, 0.3) is 16.9 Å². The molecule has 0 aliphatic carbocycles. The summed E-state index contributed by atoms with van der Waals surface area (Å²) in [6.45, 7) is 4.24. The molecule has 0 unspecified atom stereocenters. The molecular weight excluding hydrogens is 419 g/mol. The monoisotopic (exact) mass is 438 g/mol. The van der Waals surface area contributed by atoms with Crippen LogP contribution in [0.4, 0.5) is 0 Å². The molecule has 0 saturated heterocycles. The van der Waals surface area contributed by atoms with Crippen molar-refractivity contribution < 1.29 is 0 Å². The summed E-state index contributed by atoms with van der Waals surface area (Å²) in [5, 5.41) is 2.43. The van der Waals surface area contributed by atoms with Gasteiger partial charge in [0.25, 0.3) is 0 Å². The molecular formula is C24H20Cl2N2S. The maximum Gasteiger partial charge on any atom is 0.173 e. The summed E-state index contributed by atoms with van der Waals surface area (Å²) in [5.41, 5.74) is 6.78. The molecule has 0 saturated carbocycles. The number of nitrogens with zero attached hydrogens (tertiary/aromatic N) is 2. The van der Waals surface area contributed by atoms with Crippen molar-refractivity contribution in [2.45, 2.75) is 24.8 Å². The first-order valence-electron chi connectivity index (χ1n) is 9.30. The van der Waals surface area contributed by atoms with Crippen LogP contribution in [0.2, 0.25) is 10.0 Å². The van der Waals surface area contributed by atoms with Crippen LogP contribution < -0.4 is 0 Å². The van der Waals surface area contributed by atoms with Crippen molar-refractivity contribution in [3.63, 3.8) is 0 Å². The van der Waals surface area contributed by atoms with Crippen LogP contribution in [0.5, 0.6) is 0 Å². The lowest BCUT2D eigenvalue weighted by Crippen LogP contribution is -1.98. The van der Waals surface area contributed by atoms with Crippen LogP contribution in [0, 0.1) is 13.8 Å². The van der Waals surface area contributed by atoms with E-state index in [0.29, 0.717) is 0 Å². The Bertz CT molecular complexity index is 1130. The summed E-state index contributed by atoms with van der Waals surface area (Å²) in [5.74, 6) is 0.819. The van der Waals surface area contributed by atoms with Crippen LogP contribution in [0.1, 0.15) is 16.7 Å². The highest BCUT2D eigenvalue weighted by atomic mass is 35.5. The SMILES string of the molecule is Cc1ccc(C)c(-n2cc(-c3ccc(Cl)cc3)nc2SCc2ccc(Cl)cc2)c1. The van der Waals surface area contributed by atoms with Crippen molar-refractivity contribution in [3.05, 3.63) is 99.7 Å². The van der Waals surface area contributed by atoms with Gasteiger partial charge in [-0.2, -0.15) is 0 Å². The Labute approximate surface area is 185 Å². The largest absolute Gasteiger partial charge is 0.294 e. The minimum Gasteiger partial charge on any atom is -0.294 e. The van der Waals surface area contributed by atoms with Crippen LogP contribution in [-0.2, 0) is 5.75 Å². The molecule has 0 aliphatic rings. The van der Waals surface area contributed by atoms with Crippen molar-refractivity contribution in [2.24, 2.45) is 0 Å². The average molecular weight is 439 g/mol. The van der Waals surface area contributed by atoms with E-state index in [4.69, 9.17) is 28.2 Å². The number of halogens is 2. The predicted octanol–water partition coefficient (Wildman–Crippen LogP) is 7.76. The summed E-state index contributed by atoms with van der Waals surface area (Å²) in [7, 11) is 0. The van der Waals surface area contributed by atoms with E-state index in [2.05, 4.69) is 54.9 Å². The number of hydrogen-bond donors (Lipinski definition) is 0. The zero-order valence-electron chi connectivity index (χ0n) is 16.2. The topological polar surface area (TPSA) is 17.8 Å². The fraction of sp³-hybridized carbons (Fsp3) is 0.125. The van der Waals surface area contributed by atoms with E-state index in [1.165, 1.54) is 16.7 Å². The molecule has 0 amide bonds. The molecule has 2 nitrogen and oxygen atoms in total. The van der Waals surface area contributed by atoms with E-state index in [1.807, 2.05) is 36.4 Å². The van der Waals surface area contributed by atoms with Crippen LogP contribution in [0.3, 0.4) is 0 Å². The minimum atomic E-state index is 0.722. The number of rotatable bonds is 5. The Morgan fingerprint density at radius 3 is 2.21 bits per heavy atom. The Hall–Kier alpha value is -2.20. The van der Waals surface area contributed by atoms with Gasteiger partial charge in [0.15, 0.2) is 5.16 Å². The van der Waals surface area contributed by atoms with Gasteiger partial charge in [0.2, 0.25) is 0 Å². The zero-order valence-corrected chi connectivity index (χ0v) is 18.5. The van der Waals surface area contributed by atoms with E-state index in [1.54, 1.807) is 11.8 Å². The van der Waals surface area contributed by atoms with E-state index in [9.17, 15) is 0 Å². The number of hydrogen-bond acceptors (Lipinski definition) is 2. The molecule has 5 heteroatoms. The molecule has 3 aromatic carbocycles. The van der Waals surface area contributed by atoms with Crippen molar-refractivity contribution in [1.29, 1.82) is 0 Å². The lowest BCUT2D eigenvalue weighted by Gasteiger charge is -2.11. The van der Waals surface area contributed by atoms with Gasteiger partial charge >= 0.3 is 0 Å². The quantitative estimate of drug-likeness (QED) is 0.296. The van der Waals surface area contributed by atoms with Crippen molar-refractivity contribution in [1.82, 2.24) is 9.55 Å². The first-order chi connectivity index (χ1) is 14.0. The molecule has 0 fully saturated rings. The number of benzene rings is 3. The summed E-state index contributed by atoms with van der Waals surface area (Å²) < 4.78 is 2.19. The zero-order chi connectivity index (χ0) is 20.4. The lowest BCUT2D eigenvalue weighted by atomic mass is 10.1. The summed E-state index contributed by atoms with van der Waals surface area (Å²) >= 11 is 13.8. The van der Waals surface area contributed by atoms with E-state index < -0.39 is 0 Å². The molecule has 0 atom stereocenters. The predicted molar refractivity (Wildman–Crippen MR) is 124 cm³/mol. The summed E-state index contributed by atoms with van der Waals surface area (Å²) in [4.78, 5) is 4.95. The Morgan fingerprint density at radius 1 is 0.862 bits per heavy atom. The van der Waals surface area contributed by atoms with Gasteiger partial charge < -0.3 is 0 Å². The Balaban J connectivity index is 1.73. The molecule has 0 spiro atoms. The molecule has 4 aromatic rings.